The van der Waals surface area contributed by atoms with Crippen molar-refractivity contribution in [2.45, 2.75) is 49.5 Å². The number of likely N-dealkylation sites (N-methyl/N-ethyl adjacent to an activating group) is 1. The number of rotatable bonds is 7. The van der Waals surface area contributed by atoms with E-state index in [0.29, 0.717) is 35.2 Å². The van der Waals surface area contributed by atoms with Gasteiger partial charge in [-0.25, -0.2) is 13.4 Å². The number of fused-ring (bicyclic) bond motifs is 1. The van der Waals surface area contributed by atoms with Crippen LogP contribution in [0.15, 0.2) is 34.3 Å². The third-order valence-corrected chi connectivity index (χ3v) is 7.27. The number of sulfonamides is 1. The summed E-state index contributed by atoms with van der Waals surface area (Å²) in [6.07, 6.45) is 4.66. The van der Waals surface area contributed by atoms with E-state index >= 15 is 0 Å². The van der Waals surface area contributed by atoms with Crippen LogP contribution in [0, 0.1) is 0 Å². The highest BCUT2D eigenvalue weighted by atomic mass is 35.5. The number of guanidine groups is 1. The van der Waals surface area contributed by atoms with Crippen molar-refractivity contribution >= 4 is 50.1 Å². The summed E-state index contributed by atoms with van der Waals surface area (Å²) in [5, 5.41) is 1.29. The molecular weight excluding hydrogens is 440 g/mol. The molecule has 1 fully saturated rings. The maximum Gasteiger partial charge on any atom is 0.243 e. The molecule has 31 heavy (non-hydrogen) atoms. The number of aromatic nitrogens is 1. The molecule has 1 saturated carbocycles. The molecular formula is C20H27ClN6O3S. The molecule has 1 aromatic carbocycles. The second-order valence-corrected chi connectivity index (χ2v) is 9.88. The van der Waals surface area contributed by atoms with Gasteiger partial charge in [-0.05, 0) is 31.4 Å². The highest BCUT2D eigenvalue weighted by Gasteiger charge is 2.45. The summed E-state index contributed by atoms with van der Waals surface area (Å²) in [6, 6.07) is 4.44. The molecule has 0 atom stereocenters. The van der Waals surface area contributed by atoms with Crippen LogP contribution in [-0.4, -0.2) is 49.3 Å². The Bertz CT molecular complexity index is 1130. The lowest BCUT2D eigenvalue weighted by molar-refractivity contribution is -0.136. The van der Waals surface area contributed by atoms with Gasteiger partial charge in [-0.3, -0.25) is 4.79 Å². The van der Waals surface area contributed by atoms with Crippen LogP contribution in [0.4, 0.5) is 5.82 Å². The first-order chi connectivity index (χ1) is 14.6. The number of carbonyl (C=O) groups excluding carboxylic acids is 1. The molecule has 1 amide bonds. The number of hydrogen-bond donors (Lipinski definition) is 3. The third-order valence-electron chi connectivity index (χ3n) is 5.44. The van der Waals surface area contributed by atoms with E-state index in [2.05, 4.69) is 14.7 Å². The standard InChI is InChI=1S/C20H27ClN6O3S/c1-3-10-27(2)18(28)20(8-4-5-9-20)26-31(29,30)13-6-7-14-15(11-13)17(25-19(22)23)24-12-16(14)21/h6-7,11-12,26H,3-5,8-10H2,1-2H3,(H4,22,23,24,25). The Morgan fingerprint density at radius 1 is 1.29 bits per heavy atom. The van der Waals surface area contributed by atoms with Crippen molar-refractivity contribution in [3.63, 3.8) is 0 Å². The first-order valence-corrected chi connectivity index (χ1v) is 11.9. The van der Waals surface area contributed by atoms with Gasteiger partial charge in [0.1, 0.15) is 5.54 Å². The molecule has 11 heteroatoms. The van der Waals surface area contributed by atoms with E-state index in [4.69, 9.17) is 23.1 Å². The first kappa shape index (κ1) is 23.2. The fraction of sp³-hybridized carbons (Fsp3) is 0.450. The number of amides is 1. The lowest BCUT2D eigenvalue weighted by Crippen LogP contribution is -2.57. The van der Waals surface area contributed by atoms with E-state index in [1.807, 2.05) is 6.92 Å². The molecule has 1 aliphatic carbocycles. The minimum absolute atomic E-state index is 0.0201. The number of hydrogen-bond acceptors (Lipinski definition) is 5. The number of nitrogens with one attached hydrogen (secondary N) is 1. The summed E-state index contributed by atoms with van der Waals surface area (Å²) in [6.45, 7) is 2.53. The Balaban J connectivity index is 2.04. The Kier molecular flexibility index (Phi) is 6.73. The van der Waals surface area contributed by atoms with Crippen molar-refractivity contribution in [3.05, 3.63) is 29.4 Å². The number of benzene rings is 1. The molecule has 0 bridgehead atoms. The van der Waals surface area contributed by atoms with Crippen molar-refractivity contribution in [2.24, 2.45) is 16.5 Å². The first-order valence-electron chi connectivity index (χ1n) is 10.1. The van der Waals surface area contributed by atoms with Crippen LogP contribution in [0.1, 0.15) is 39.0 Å². The van der Waals surface area contributed by atoms with Gasteiger partial charge in [-0.2, -0.15) is 9.71 Å². The van der Waals surface area contributed by atoms with Gasteiger partial charge in [0.25, 0.3) is 0 Å². The fourth-order valence-electron chi connectivity index (χ4n) is 4.01. The van der Waals surface area contributed by atoms with Crippen molar-refractivity contribution in [2.75, 3.05) is 13.6 Å². The van der Waals surface area contributed by atoms with E-state index in [-0.39, 0.29) is 22.6 Å². The van der Waals surface area contributed by atoms with E-state index in [1.165, 1.54) is 18.3 Å². The Labute approximate surface area is 186 Å². The van der Waals surface area contributed by atoms with E-state index in [0.717, 1.165) is 19.3 Å². The maximum atomic E-state index is 13.3. The number of aliphatic imine (C=N–C) groups is 1. The molecule has 168 valence electrons. The van der Waals surface area contributed by atoms with Gasteiger partial charge in [0.2, 0.25) is 15.9 Å². The van der Waals surface area contributed by atoms with Gasteiger partial charge in [-0.1, -0.05) is 37.4 Å². The van der Waals surface area contributed by atoms with E-state index < -0.39 is 15.6 Å². The predicted molar refractivity (Wildman–Crippen MR) is 122 cm³/mol. The van der Waals surface area contributed by atoms with Crippen LogP contribution in [0.25, 0.3) is 10.8 Å². The quantitative estimate of drug-likeness (QED) is 0.421. The average molecular weight is 467 g/mol. The highest BCUT2D eigenvalue weighted by Crippen LogP contribution is 2.35. The molecule has 0 unspecified atom stereocenters. The smallest absolute Gasteiger partial charge is 0.243 e. The van der Waals surface area contributed by atoms with Crippen molar-refractivity contribution in [1.82, 2.24) is 14.6 Å². The van der Waals surface area contributed by atoms with Crippen LogP contribution in [-0.2, 0) is 14.8 Å². The minimum atomic E-state index is -4.02. The molecule has 1 aromatic heterocycles. The topological polar surface area (TPSA) is 144 Å². The number of nitrogens with zero attached hydrogens (tertiary/aromatic N) is 3. The van der Waals surface area contributed by atoms with Crippen LogP contribution >= 0.6 is 11.6 Å². The molecule has 5 N–H and O–H groups in total. The largest absolute Gasteiger partial charge is 0.370 e. The molecule has 0 saturated heterocycles. The van der Waals surface area contributed by atoms with Crippen LogP contribution in [0.2, 0.25) is 5.02 Å². The number of nitrogens with two attached hydrogens (primary N) is 2. The summed E-state index contributed by atoms with van der Waals surface area (Å²) in [4.78, 5) is 22.8. The summed E-state index contributed by atoms with van der Waals surface area (Å²) >= 11 is 6.21. The summed E-state index contributed by atoms with van der Waals surface area (Å²) in [7, 11) is -2.32. The van der Waals surface area contributed by atoms with Crippen LogP contribution in [0.5, 0.6) is 0 Å². The number of pyridine rings is 1. The molecule has 1 heterocycles. The lowest BCUT2D eigenvalue weighted by Gasteiger charge is -2.33. The zero-order chi connectivity index (χ0) is 22.8. The Morgan fingerprint density at radius 2 is 1.97 bits per heavy atom. The van der Waals surface area contributed by atoms with Crippen LogP contribution in [0.3, 0.4) is 0 Å². The molecule has 1 aliphatic rings. The van der Waals surface area contributed by atoms with Crippen molar-refractivity contribution in [1.29, 1.82) is 0 Å². The molecule has 0 aliphatic heterocycles. The zero-order valence-corrected chi connectivity index (χ0v) is 19.1. The molecule has 3 rings (SSSR count). The second-order valence-electron chi connectivity index (χ2n) is 7.80. The number of halogens is 1. The van der Waals surface area contributed by atoms with E-state index in [1.54, 1.807) is 18.0 Å². The van der Waals surface area contributed by atoms with Gasteiger partial charge in [-0.15, -0.1) is 0 Å². The van der Waals surface area contributed by atoms with Gasteiger partial charge in [0.05, 0.1) is 9.92 Å². The summed E-state index contributed by atoms with van der Waals surface area (Å²) in [5.41, 5.74) is 9.80. The molecule has 2 aromatic rings. The summed E-state index contributed by atoms with van der Waals surface area (Å²) < 4.78 is 29.3. The summed E-state index contributed by atoms with van der Waals surface area (Å²) in [5.74, 6) is -0.259. The number of carbonyl (C=O) groups is 1. The third kappa shape index (κ3) is 4.76. The van der Waals surface area contributed by atoms with Gasteiger partial charge < -0.3 is 16.4 Å². The van der Waals surface area contributed by atoms with Gasteiger partial charge >= 0.3 is 0 Å². The Morgan fingerprint density at radius 3 is 2.58 bits per heavy atom. The predicted octanol–water partition coefficient (Wildman–Crippen LogP) is 2.25. The molecule has 0 radical (unpaired) electrons. The van der Waals surface area contributed by atoms with Gasteiger partial charge in [0, 0.05) is 30.6 Å². The zero-order valence-electron chi connectivity index (χ0n) is 17.6. The minimum Gasteiger partial charge on any atom is -0.370 e. The monoisotopic (exact) mass is 466 g/mol. The SMILES string of the molecule is CCCN(C)C(=O)C1(NS(=O)(=O)c2ccc3c(Cl)cnc(N=C(N)N)c3c2)CCCC1. The molecule has 9 nitrogen and oxygen atoms in total. The normalized spacial score (nSPS) is 15.7. The van der Waals surface area contributed by atoms with E-state index in [9.17, 15) is 13.2 Å². The fourth-order valence-corrected chi connectivity index (χ4v) is 5.67. The van der Waals surface area contributed by atoms with Gasteiger partial charge in [0.15, 0.2) is 11.8 Å². The lowest BCUT2D eigenvalue weighted by atomic mass is 9.97. The Hall–Kier alpha value is -2.43. The molecule has 0 spiro atoms. The average Bonchev–Trinajstić information content (AvgIpc) is 3.18. The van der Waals surface area contributed by atoms with Crippen LogP contribution < -0.4 is 16.2 Å². The van der Waals surface area contributed by atoms with Crippen molar-refractivity contribution in [3.8, 4) is 0 Å². The van der Waals surface area contributed by atoms with Crippen molar-refractivity contribution < 1.29 is 13.2 Å². The maximum absolute atomic E-state index is 13.3. The second kappa shape index (κ2) is 8.97. The highest BCUT2D eigenvalue weighted by molar-refractivity contribution is 7.89.